The second-order valence-corrected chi connectivity index (χ2v) is 9.90. The van der Waals surface area contributed by atoms with Gasteiger partial charge in [-0.25, -0.2) is 0 Å². The molecular weight excluding hydrogens is 489 g/mol. The summed E-state index contributed by atoms with van der Waals surface area (Å²) in [5.41, 5.74) is 0.874. The van der Waals surface area contributed by atoms with Crippen LogP contribution in [-0.4, -0.2) is 33.4 Å². The van der Waals surface area contributed by atoms with Crippen LogP contribution in [0, 0.1) is 11.8 Å². The Balaban J connectivity index is 1.52. The molecule has 3 atom stereocenters. The third kappa shape index (κ3) is 4.85. The van der Waals surface area contributed by atoms with Gasteiger partial charge in [-0.2, -0.15) is 9.78 Å². The highest BCUT2D eigenvalue weighted by Gasteiger charge is 2.41. The Hall–Kier alpha value is -2.74. The summed E-state index contributed by atoms with van der Waals surface area (Å²) < 4.78 is 13.1. The number of aromatic nitrogens is 2. The Morgan fingerprint density at radius 1 is 1.14 bits per heavy atom. The molecule has 0 radical (unpaired) electrons. The summed E-state index contributed by atoms with van der Waals surface area (Å²) in [6, 6.07) is 12.2. The maximum Gasteiger partial charge on any atom is 0.272 e. The number of aliphatic hydroxyl groups is 1. The lowest BCUT2D eigenvalue weighted by molar-refractivity contribution is 0.0914. The van der Waals surface area contributed by atoms with Crippen molar-refractivity contribution in [1.82, 2.24) is 15.1 Å². The smallest absolute Gasteiger partial charge is 0.272 e. The first-order chi connectivity index (χ1) is 17.0. The van der Waals surface area contributed by atoms with E-state index in [1.54, 1.807) is 42.5 Å². The second-order valence-electron chi connectivity index (χ2n) is 9.06. The van der Waals surface area contributed by atoms with E-state index in [9.17, 15) is 9.90 Å². The lowest BCUT2D eigenvalue weighted by Crippen LogP contribution is -2.39. The van der Waals surface area contributed by atoms with Crippen LogP contribution in [0.4, 0.5) is 0 Å². The molecular formula is C26H27Cl2N3O4. The van der Waals surface area contributed by atoms with Crippen molar-refractivity contribution >= 4 is 29.1 Å². The highest BCUT2D eigenvalue weighted by molar-refractivity contribution is 6.35. The fourth-order valence-corrected chi connectivity index (χ4v) is 5.71. The van der Waals surface area contributed by atoms with E-state index in [4.69, 9.17) is 32.7 Å². The van der Waals surface area contributed by atoms with Crippen LogP contribution >= 0.6 is 23.2 Å². The Bertz CT molecular complexity index is 1230. The first kappa shape index (κ1) is 24.0. The molecule has 9 heteroatoms. The molecule has 1 amide bonds. The molecule has 2 aliphatic carbocycles. The van der Waals surface area contributed by atoms with Gasteiger partial charge in [-0.05, 0) is 80.5 Å². The van der Waals surface area contributed by atoms with Gasteiger partial charge in [0.05, 0.1) is 29.5 Å². The van der Waals surface area contributed by atoms with Gasteiger partial charge in [-0.3, -0.25) is 4.79 Å². The molecule has 0 spiro atoms. The van der Waals surface area contributed by atoms with Crippen LogP contribution in [0.25, 0.3) is 5.69 Å². The van der Waals surface area contributed by atoms with Crippen molar-refractivity contribution in [2.75, 3.05) is 6.61 Å². The fraction of sp³-hybridized carbons (Fsp3) is 0.385. The zero-order valence-electron chi connectivity index (χ0n) is 19.3. The van der Waals surface area contributed by atoms with Gasteiger partial charge in [0.2, 0.25) is 5.88 Å². The topological polar surface area (TPSA) is 85.6 Å². The molecule has 2 aliphatic rings. The van der Waals surface area contributed by atoms with Crippen LogP contribution in [0.1, 0.15) is 48.7 Å². The minimum Gasteiger partial charge on any atom is -0.494 e. The molecule has 3 unspecified atom stereocenters. The van der Waals surface area contributed by atoms with Gasteiger partial charge >= 0.3 is 0 Å². The van der Waals surface area contributed by atoms with E-state index in [0.29, 0.717) is 45.7 Å². The highest BCUT2D eigenvalue weighted by atomic mass is 35.5. The van der Waals surface area contributed by atoms with Gasteiger partial charge in [-0.1, -0.05) is 29.6 Å². The van der Waals surface area contributed by atoms with E-state index < -0.39 is 6.61 Å². The number of benzene rings is 2. The van der Waals surface area contributed by atoms with Crippen LogP contribution < -0.4 is 14.8 Å². The minimum absolute atomic E-state index is 0.113. The number of rotatable bonds is 8. The lowest BCUT2D eigenvalue weighted by atomic mass is 9.95. The molecule has 0 saturated heterocycles. The first-order valence-electron chi connectivity index (χ1n) is 11.9. The van der Waals surface area contributed by atoms with E-state index in [0.717, 1.165) is 12.8 Å². The minimum atomic E-state index is -0.433. The number of nitrogens with zero attached hydrogens (tertiary/aromatic N) is 2. The molecule has 1 aromatic heterocycles. The number of halogens is 2. The van der Waals surface area contributed by atoms with Crippen molar-refractivity contribution in [3.8, 4) is 23.1 Å². The summed E-state index contributed by atoms with van der Waals surface area (Å²) in [6.45, 7) is 2.03. The maximum absolute atomic E-state index is 13.3. The molecule has 2 N–H and O–H groups in total. The zero-order chi connectivity index (χ0) is 24.5. The zero-order valence-corrected chi connectivity index (χ0v) is 20.9. The van der Waals surface area contributed by atoms with Crippen LogP contribution in [-0.2, 0) is 6.61 Å². The van der Waals surface area contributed by atoms with Crippen LogP contribution in [0.15, 0.2) is 42.5 Å². The molecule has 2 bridgehead atoms. The molecule has 2 aromatic carbocycles. The highest BCUT2D eigenvalue weighted by Crippen LogP contribution is 2.44. The Kier molecular flexibility index (Phi) is 6.91. The molecule has 184 valence electrons. The average molecular weight is 516 g/mol. The molecule has 0 aliphatic heterocycles. The number of hydrogen-bond acceptors (Lipinski definition) is 5. The summed E-state index contributed by atoms with van der Waals surface area (Å²) in [7, 11) is 0. The molecule has 7 nitrogen and oxygen atoms in total. The molecule has 2 fully saturated rings. The van der Waals surface area contributed by atoms with Crippen LogP contribution in [0.5, 0.6) is 17.4 Å². The average Bonchev–Trinajstić information content (AvgIpc) is 3.55. The van der Waals surface area contributed by atoms with Crippen LogP contribution in [0.3, 0.4) is 0 Å². The summed E-state index contributed by atoms with van der Waals surface area (Å²) in [4.78, 5) is 13.3. The third-order valence-corrected chi connectivity index (χ3v) is 7.39. The van der Waals surface area contributed by atoms with Gasteiger partial charge in [-0.15, -0.1) is 0 Å². The van der Waals surface area contributed by atoms with Gasteiger partial charge in [0.1, 0.15) is 11.5 Å². The fourth-order valence-electron chi connectivity index (χ4n) is 5.22. The summed E-state index contributed by atoms with van der Waals surface area (Å²) in [5, 5.41) is 18.8. The number of carbonyl (C=O) groups is 1. The number of ether oxygens (including phenoxy) is 2. The van der Waals surface area contributed by atoms with E-state index in [1.165, 1.54) is 17.5 Å². The van der Waals surface area contributed by atoms with Crippen molar-refractivity contribution in [3.63, 3.8) is 0 Å². The van der Waals surface area contributed by atoms with E-state index >= 15 is 0 Å². The monoisotopic (exact) mass is 515 g/mol. The van der Waals surface area contributed by atoms with Crippen molar-refractivity contribution in [2.45, 2.75) is 45.3 Å². The molecule has 1 heterocycles. The molecule has 35 heavy (non-hydrogen) atoms. The molecule has 3 aromatic rings. The number of aliphatic hydroxyl groups excluding tert-OH is 1. The quantitative estimate of drug-likeness (QED) is 0.397. The molecule has 5 rings (SSSR count). The summed E-state index contributed by atoms with van der Waals surface area (Å²) >= 11 is 12.6. The SMILES string of the molecule is CCOc1ccc(Oc2c(CO)c(C(=O)NC3CC4CCC3C4)nn2-c2ccc(Cl)cc2Cl)cc1. The third-order valence-electron chi connectivity index (χ3n) is 6.85. The number of amides is 1. The predicted octanol–water partition coefficient (Wildman–Crippen LogP) is 5.78. The second kappa shape index (κ2) is 10.1. The van der Waals surface area contributed by atoms with E-state index in [-0.39, 0.29) is 29.1 Å². The van der Waals surface area contributed by atoms with Gasteiger partial charge in [0.15, 0.2) is 5.69 Å². The van der Waals surface area contributed by atoms with Crippen LogP contribution in [0.2, 0.25) is 10.0 Å². The van der Waals surface area contributed by atoms with E-state index in [2.05, 4.69) is 10.4 Å². The normalized spacial score (nSPS) is 20.7. The lowest BCUT2D eigenvalue weighted by Gasteiger charge is -2.22. The van der Waals surface area contributed by atoms with E-state index in [1.807, 2.05) is 6.92 Å². The van der Waals surface area contributed by atoms with Crippen molar-refractivity contribution in [3.05, 3.63) is 63.8 Å². The van der Waals surface area contributed by atoms with Gasteiger partial charge in [0.25, 0.3) is 5.91 Å². The largest absolute Gasteiger partial charge is 0.494 e. The Morgan fingerprint density at radius 3 is 2.54 bits per heavy atom. The molecule has 2 saturated carbocycles. The van der Waals surface area contributed by atoms with Crippen molar-refractivity contribution < 1.29 is 19.4 Å². The standard InChI is InChI=1S/C26H27Cl2N3O4/c1-2-34-18-6-8-19(9-7-18)35-26-20(14-32)24(25(33)29-22-12-15-3-4-16(22)11-15)30-31(26)23-10-5-17(27)13-21(23)28/h5-10,13,15-16,22,32H,2-4,11-12,14H2,1H3,(H,29,33). The number of carbonyl (C=O) groups excluding carboxylic acids is 1. The van der Waals surface area contributed by atoms with Gasteiger partial charge in [0, 0.05) is 11.1 Å². The summed E-state index contributed by atoms with van der Waals surface area (Å²) in [6.07, 6.45) is 4.54. The maximum atomic E-state index is 13.3. The number of fused-ring (bicyclic) bond motifs is 2. The number of nitrogens with one attached hydrogen (secondary N) is 1. The summed E-state index contributed by atoms with van der Waals surface area (Å²) in [5.74, 6) is 2.28. The predicted molar refractivity (Wildman–Crippen MR) is 134 cm³/mol. The number of hydrogen-bond donors (Lipinski definition) is 2. The van der Waals surface area contributed by atoms with Crippen molar-refractivity contribution in [2.24, 2.45) is 11.8 Å². The Labute approximate surface area is 213 Å². The Morgan fingerprint density at radius 2 is 1.91 bits per heavy atom. The van der Waals surface area contributed by atoms with Crippen molar-refractivity contribution in [1.29, 1.82) is 0 Å². The first-order valence-corrected chi connectivity index (χ1v) is 12.6. The van der Waals surface area contributed by atoms with Gasteiger partial charge < -0.3 is 19.9 Å².